The summed E-state index contributed by atoms with van der Waals surface area (Å²) in [5, 5.41) is 5.89. The van der Waals surface area contributed by atoms with Crippen molar-refractivity contribution in [1.29, 1.82) is 0 Å². The predicted molar refractivity (Wildman–Crippen MR) is 64.6 cm³/mol. The maximum atomic E-state index is 13.1. The third-order valence-corrected chi connectivity index (χ3v) is 2.84. The Hall–Kier alpha value is -1.62. The van der Waals surface area contributed by atoms with Crippen molar-refractivity contribution in [3.05, 3.63) is 30.1 Å². The highest BCUT2D eigenvalue weighted by Gasteiger charge is 2.25. The molecule has 5 heteroatoms. The molecule has 17 heavy (non-hydrogen) atoms. The summed E-state index contributed by atoms with van der Waals surface area (Å²) in [4.78, 5) is 13.3. The van der Waals surface area contributed by atoms with Crippen molar-refractivity contribution in [2.24, 2.45) is 5.92 Å². The summed E-state index contributed by atoms with van der Waals surface area (Å²) in [6.45, 7) is 2.09. The lowest BCUT2D eigenvalue weighted by Gasteiger charge is -2.33. The number of carbonyl (C=O) groups is 1. The number of hydrogen-bond donors (Lipinski definition) is 2. The normalized spacial score (nSPS) is 20.2. The summed E-state index contributed by atoms with van der Waals surface area (Å²) in [6, 6.07) is 5.94. The van der Waals surface area contributed by atoms with Gasteiger partial charge in [-0.05, 0) is 25.2 Å². The van der Waals surface area contributed by atoms with Crippen LogP contribution in [-0.4, -0.2) is 32.7 Å². The standard InChI is InChI=1S/C12H16FN3O/c1-14-6-9-7-15-12(17)16(8-9)11-4-2-3-10(13)5-11/h2-5,9,14H,6-8H2,1H3,(H,15,17). The van der Waals surface area contributed by atoms with Crippen LogP contribution < -0.4 is 15.5 Å². The number of benzene rings is 1. The van der Waals surface area contributed by atoms with Gasteiger partial charge < -0.3 is 10.6 Å². The Morgan fingerprint density at radius 2 is 2.41 bits per heavy atom. The molecule has 1 unspecified atom stereocenters. The Balaban J connectivity index is 2.15. The minimum absolute atomic E-state index is 0.164. The first-order valence-electron chi connectivity index (χ1n) is 5.66. The van der Waals surface area contributed by atoms with Crippen molar-refractivity contribution in [1.82, 2.24) is 10.6 Å². The van der Waals surface area contributed by atoms with E-state index in [-0.39, 0.29) is 11.8 Å². The summed E-state index contributed by atoms with van der Waals surface area (Å²) >= 11 is 0. The van der Waals surface area contributed by atoms with Crippen molar-refractivity contribution in [2.75, 3.05) is 31.6 Å². The number of rotatable bonds is 3. The van der Waals surface area contributed by atoms with E-state index in [1.54, 1.807) is 17.0 Å². The molecule has 1 aliphatic rings. The van der Waals surface area contributed by atoms with Crippen LogP contribution in [-0.2, 0) is 0 Å². The number of urea groups is 1. The summed E-state index contributed by atoms with van der Waals surface area (Å²) < 4.78 is 13.1. The van der Waals surface area contributed by atoms with Crippen molar-refractivity contribution < 1.29 is 9.18 Å². The number of amides is 2. The number of hydrogen-bond acceptors (Lipinski definition) is 2. The molecule has 0 radical (unpaired) electrons. The molecular formula is C12H16FN3O. The first-order chi connectivity index (χ1) is 8.20. The molecule has 92 valence electrons. The molecule has 1 fully saturated rings. The molecule has 1 aliphatic heterocycles. The van der Waals surface area contributed by atoms with Crippen molar-refractivity contribution >= 4 is 11.7 Å². The Labute approximate surface area is 99.8 Å². The maximum absolute atomic E-state index is 13.1. The fraction of sp³-hybridized carbons (Fsp3) is 0.417. The van der Waals surface area contributed by atoms with Gasteiger partial charge in [0.05, 0.1) is 0 Å². The van der Waals surface area contributed by atoms with Gasteiger partial charge in [-0.3, -0.25) is 4.90 Å². The molecule has 2 rings (SSSR count). The molecule has 0 saturated carbocycles. The highest BCUT2D eigenvalue weighted by atomic mass is 19.1. The Morgan fingerprint density at radius 1 is 1.59 bits per heavy atom. The number of nitrogens with one attached hydrogen (secondary N) is 2. The molecular weight excluding hydrogens is 221 g/mol. The summed E-state index contributed by atoms with van der Waals surface area (Å²) in [5.41, 5.74) is 0.600. The van der Waals surface area contributed by atoms with E-state index in [9.17, 15) is 9.18 Å². The van der Waals surface area contributed by atoms with Crippen LogP contribution >= 0.6 is 0 Å². The summed E-state index contributed by atoms with van der Waals surface area (Å²) in [5.74, 6) is 0.00649. The van der Waals surface area contributed by atoms with Gasteiger partial charge in [-0.25, -0.2) is 9.18 Å². The zero-order valence-corrected chi connectivity index (χ0v) is 9.74. The van der Waals surface area contributed by atoms with Gasteiger partial charge in [-0.15, -0.1) is 0 Å². The molecule has 4 nitrogen and oxygen atoms in total. The third kappa shape index (κ3) is 2.74. The zero-order valence-electron chi connectivity index (χ0n) is 9.74. The Morgan fingerprint density at radius 3 is 3.12 bits per heavy atom. The first kappa shape index (κ1) is 11.9. The molecule has 2 N–H and O–H groups in total. The Bertz CT molecular complexity index is 410. The monoisotopic (exact) mass is 237 g/mol. The average molecular weight is 237 g/mol. The average Bonchev–Trinajstić information content (AvgIpc) is 2.32. The van der Waals surface area contributed by atoms with Crippen LogP contribution in [0.3, 0.4) is 0 Å². The molecule has 0 spiro atoms. The van der Waals surface area contributed by atoms with Crippen LogP contribution in [0.2, 0.25) is 0 Å². The first-order valence-corrected chi connectivity index (χ1v) is 5.66. The van der Waals surface area contributed by atoms with E-state index in [0.29, 0.717) is 24.7 Å². The molecule has 1 saturated heterocycles. The van der Waals surface area contributed by atoms with Crippen molar-refractivity contribution in [3.8, 4) is 0 Å². The van der Waals surface area contributed by atoms with E-state index in [1.807, 2.05) is 7.05 Å². The quantitative estimate of drug-likeness (QED) is 0.829. The molecule has 0 bridgehead atoms. The highest BCUT2D eigenvalue weighted by molar-refractivity contribution is 5.92. The Kier molecular flexibility index (Phi) is 3.58. The van der Waals surface area contributed by atoms with Crippen LogP contribution in [0.1, 0.15) is 0 Å². The lowest BCUT2D eigenvalue weighted by atomic mass is 10.1. The largest absolute Gasteiger partial charge is 0.337 e. The van der Waals surface area contributed by atoms with Gasteiger partial charge in [0, 0.05) is 31.2 Å². The van der Waals surface area contributed by atoms with Crippen LogP contribution in [0, 0.1) is 11.7 Å². The summed E-state index contributed by atoms with van der Waals surface area (Å²) in [6.07, 6.45) is 0. The predicted octanol–water partition coefficient (Wildman–Crippen LogP) is 1.19. The SMILES string of the molecule is CNCC1CNC(=O)N(c2cccc(F)c2)C1. The zero-order chi connectivity index (χ0) is 12.3. The van der Waals surface area contributed by atoms with Gasteiger partial charge in [-0.1, -0.05) is 6.07 Å². The number of carbonyl (C=O) groups excluding carboxylic acids is 1. The second kappa shape index (κ2) is 5.14. The lowest BCUT2D eigenvalue weighted by molar-refractivity contribution is 0.236. The molecule has 2 amide bonds. The van der Waals surface area contributed by atoms with Crippen LogP contribution in [0.4, 0.5) is 14.9 Å². The van der Waals surface area contributed by atoms with Gasteiger partial charge in [0.2, 0.25) is 0 Å². The van der Waals surface area contributed by atoms with E-state index in [0.717, 1.165) is 6.54 Å². The number of halogens is 1. The molecule has 0 aliphatic carbocycles. The highest BCUT2D eigenvalue weighted by Crippen LogP contribution is 2.19. The van der Waals surface area contributed by atoms with Gasteiger partial charge in [0.15, 0.2) is 0 Å². The fourth-order valence-electron chi connectivity index (χ4n) is 2.02. The number of nitrogens with zero attached hydrogens (tertiary/aromatic N) is 1. The maximum Gasteiger partial charge on any atom is 0.321 e. The van der Waals surface area contributed by atoms with E-state index >= 15 is 0 Å². The van der Waals surface area contributed by atoms with Crippen LogP contribution in [0.25, 0.3) is 0 Å². The van der Waals surface area contributed by atoms with E-state index in [1.165, 1.54) is 12.1 Å². The van der Waals surface area contributed by atoms with Gasteiger partial charge >= 0.3 is 6.03 Å². The van der Waals surface area contributed by atoms with Crippen molar-refractivity contribution in [3.63, 3.8) is 0 Å². The van der Waals surface area contributed by atoms with E-state index in [2.05, 4.69) is 10.6 Å². The molecule has 0 aromatic heterocycles. The molecule has 1 heterocycles. The molecule has 1 aromatic rings. The van der Waals surface area contributed by atoms with E-state index < -0.39 is 0 Å². The topological polar surface area (TPSA) is 44.4 Å². The minimum Gasteiger partial charge on any atom is -0.337 e. The van der Waals surface area contributed by atoms with E-state index in [4.69, 9.17) is 0 Å². The smallest absolute Gasteiger partial charge is 0.321 e. The van der Waals surface area contributed by atoms with Gasteiger partial charge in [0.25, 0.3) is 0 Å². The molecule has 1 atom stereocenters. The van der Waals surface area contributed by atoms with Crippen LogP contribution in [0.15, 0.2) is 24.3 Å². The second-order valence-corrected chi connectivity index (χ2v) is 4.20. The number of anilines is 1. The lowest BCUT2D eigenvalue weighted by Crippen LogP contribution is -2.53. The van der Waals surface area contributed by atoms with Crippen LogP contribution in [0.5, 0.6) is 0 Å². The van der Waals surface area contributed by atoms with Gasteiger partial charge in [0.1, 0.15) is 5.82 Å². The minimum atomic E-state index is -0.328. The van der Waals surface area contributed by atoms with Crippen molar-refractivity contribution in [2.45, 2.75) is 0 Å². The summed E-state index contributed by atoms with van der Waals surface area (Å²) in [7, 11) is 1.88. The van der Waals surface area contributed by atoms with Gasteiger partial charge in [-0.2, -0.15) is 0 Å². The molecule has 1 aromatic carbocycles. The third-order valence-electron chi connectivity index (χ3n) is 2.84. The fourth-order valence-corrected chi connectivity index (χ4v) is 2.02. The second-order valence-electron chi connectivity index (χ2n) is 4.20.